The number of hydrogen-bond donors (Lipinski definition) is 0. The number of hydrogen-bond acceptors (Lipinski definition) is 7. The second kappa shape index (κ2) is 10.3. The number of anilines is 1. The second-order valence-electron chi connectivity index (χ2n) is 7.78. The highest BCUT2D eigenvalue weighted by molar-refractivity contribution is 8.19. The van der Waals surface area contributed by atoms with Crippen LogP contribution in [0.2, 0.25) is 5.02 Å². The number of rotatable bonds is 6. The Hall–Kier alpha value is -4.34. The van der Waals surface area contributed by atoms with Crippen LogP contribution in [0.25, 0.3) is 17.4 Å². The number of aliphatic imine (C=N–C) groups is 1. The third-order valence-corrected chi connectivity index (χ3v) is 6.70. The molecular formula is C27H18ClN3O5S. The number of amides is 1. The summed E-state index contributed by atoms with van der Waals surface area (Å²) in [5, 5.41) is 11.7. The molecule has 0 spiro atoms. The largest absolute Gasteiger partial charge is 0.496 e. The number of thioether (sulfide) groups is 1. The van der Waals surface area contributed by atoms with Crippen molar-refractivity contribution in [1.82, 2.24) is 0 Å². The van der Waals surface area contributed by atoms with E-state index >= 15 is 0 Å². The molecule has 0 aliphatic carbocycles. The molecule has 0 saturated carbocycles. The van der Waals surface area contributed by atoms with E-state index in [0.29, 0.717) is 32.8 Å². The summed E-state index contributed by atoms with van der Waals surface area (Å²) in [7, 11) is 1.40. The molecule has 1 saturated heterocycles. The fourth-order valence-corrected chi connectivity index (χ4v) is 4.93. The third kappa shape index (κ3) is 5.00. The molecule has 4 aromatic rings. The summed E-state index contributed by atoms with van der Waals surface area (Å²) in [5.74, 6) is 0.800. The SMILES string of the molecule is COc1cc([N+](=O)[O-])c(Cl)cc1-c1ccc(/C=C2/SC(=Nc3ccccc3)N(c3ccccc3)C2=O)o1. The van der Waals surface area contributed by atoms with Gasteiger partial charge in [-0.05, 0) is 54.2 Å². The van der Waals surface area contributed by atoms with Gasteiger partial charge in [0.15, 0.2) is 5.17 Å². The van der Waals surface area contributed by atoms with Crippen LogP contribution in [0, 0.1) is 10.1 Å². The van der Waals surface area contributed by atoms with E-state index in [1.807, 2.05) is 60.7 Å². The molecule has 1 fully saturated rings. The maximum absolute atomic E-state index is 13.4. The fourth-order valence-electron chi connectivity index (χ4n) is 3.71. The van der Waals surface area contributed by atoms with Crippen molar-refractivity contribution in [2.45, 2.75) is 0 Å². The first kappa shape index (κ1) is 24.4. The highest BCUT2D eigenvalue weighted by Crippen LogP contribution is 2.41. The van der Waals surface area contributed by atoms with Gasteiger partial charge in [0.2, 0.25) is 0 Å². The first-order valence-electron chi connectivity index (χ1n) is 11.0. The Morgan fingerprint density at radius 1 is 1.05 bits per heavy atom. The molecule has 0 radical (unpaired) electrons. The number of ether oxygens (including phenoxy) is 1. The minimum absolute atomic E-state index is 0.0427. The number of carbonyl (C=O) groups is 1. The predicted molar refractivity (Wildman–Crippen MR) is 145 cm³/mol. The van der Waals surface area contributed by atoms with E-state index < -0.39 is 4.92 Å². The molecule has 10 heteroatoms. The van der Waals surface area contributed by atoms with Crippen LogP contribution in [0.15, 0.2) is 99.2 Å². The maximum atomic E-state index is 13.4. The second-order valence-corrected chi connectivity index (χ2v) is 9.20. The summed E-state index contributed by atoms with van der Waals surface area (Å²) in [5.41, 5.74) is 1.60. The Morgan fingerprint density at radius 2 is 1.76 bits per heavy atom. The number of furan rings is 1. The third-order valence-electron chi connectivity index (χ3n) is 5.43. The Balaban J connectivity index is 1.51. The van der Waals surface area contributed by atoms with Gasteiger partial charge in [-0.1, -0.05) is 48.0 Å². The van der Waals surface area contributed by atoms with Crippen molar-refractivity contribution in [2.24, 2.45) is 4.99 Å². The van der Waals surface area contributed by atoms with Crippen LogP contribution in [0.4, 0.5) is 17.1 Å². The number of amidine groups is 1. The average Bonchev–Trinajstić information content (AvgIpc) is 3.49. The molecular weight excluding hydrogens is 514 g/mol. The summed E-state index contributed by atoms with van der Waals surface area (Å²) in [6, 6.07) is 24.7. The first-order valence-corrected chi connectivity index (χ1v) is 12.2. The van der Waals surface area contributed by atoms with Gasteiger partial charge in [-0.2, -0.15) is 0 Å². The van der Waals surface area contributed by atoms with Crippen LogP contribution in [0.1, 0.15) is 5.76 Å². The van der Waals surface area contributed by atoms with Crippen molar-refractivity contribution >= 4 is 57.6 Å². The number of carbonyl (C=O) groups excluding carboxylic acids is 1. The lowest BCUT2D eigenvalue weighted by atomic mass is 10.1. The Labute approximate surface area is 221 Å². The standard InChI is InChI=1S/C27H18ClN3O5S/c1-35-24-16-22(31(33)34)21(28)15-20(24)23-13-12-19(36-23)14-25-26(32)30(18-10-6-3-7-11-18)27(37-25)29-17-8-4-2-5-9-17/h2-16H,1H3/b25-14+,29-27?. The van der Waals surface area contributed by atoms with Crippen LogP contribution in [-0.2, 0) is 4.79 Å². The van der Waals surface area contributed by atoms with Gasteiger partial charge in [0.1, 0.15) is 22.3 Å². The Morgan fingerprint density at radius 3 is 2.43 bits per heavy atom. The maximum Gasteiger partial charge on any atom is 0.291 e. The monoisotopic (exact) mass is 531 g/mol. The van der Waals surface area contributed by atoms with E-state index in [4.69, 9.17) is 25.7 Å². The zero-order valence-corrected chi connectivity index (χ0v) is 20.9. The highest BCUT2D eigenvalue weighted by atomic mass is 35.5. The molecule has 0 bridgehead atoms. The van der Waals surface area contributed by atoms with Gasteiger partial charge < -0.3 is 9.15 Å². The van der Waals surface area contributed by atoms with Gasteiger partial charge in [0.25, 0.3) is 11.6 Å². The summed E-state index contributed by atoms with van der Waals surface area (Å²) in [4.78, 5) is 30.8. The average molecular weight is 532 g/mol. The van der Waals surface area contributed by atoms with Gasteiger partial charge >= 0.3 is 0 Å². The van der Waals surface area contributed by atoms with E-state index in [2.05, 4.69) is 0 Å². The fraction of sp³-hybridized carbons (Fsp3) is 0.0370. The molecule has 8 nitrogen and oxygen atoms in total. The number of methoxy groups -OCH3 is 1. The van der Waals surface area contributed by atoms with Crippen LogP contribution >= 0.6 is 23.4 Å². The topological polar surface area (TPSA) is 98.2 Å². The molecule has 0 unspecified atom stereocenters. The summed E-state index contributed by atoms with van der Waals surface area (Å²) in [6.45, 7) is 0. The van der Waals surface area contributed by atoms with Gasteiger partial charge in [-0.15, -0.1) is 0 Å². The molecule has 0 atom stereocenters. The van der Waals surface area contributed by atoms with Gasteiger partial charge in [0.05, 0.1) is 39.9 Å². The Bertz CT molecular complexity index is 1550. The van der Waals surface area contributed by atoms with Crippen molar-refractivity contribution in [3.63, 3.8) is 0 Å². The van der Waals surface area contributed by atoms with Crippen LogP contribution in [0.3, 0.4) is 0 Å². The normalized spacial score (nSPS) is 15.5. The number of benzene rings is 3. The smallest absolute Gasteiger partial charge is 0.291 e. The van der Waals surface area contributed by atoms with Gasteiger partial charge in [0, 0.05) is 6.08 Å². The van der Waals surface area contributed by atoms with E-state index in [0.717, 1.165) is 5.69 Å². The number of nitrogens with zero attached hydrogens (tertiary/aromatic N) is 3. The summed E-state index contributed by atoms with van der Waals surface area (Å²) < 4.78 is 11.3. The first-order chi connectivity index (χ1) is 17.9. The number of nitro groups is 1. The minimum atomic E-state index is -0.581. The van der Waals surface area contributed by atoms with Crippen LogP contribution in [-0.4, -0.2) is 23.1 Å². The zero-order chi connectivity index (χ0) is 25.9. The number of halogens is 1. The lowest BCUT2D eigenvalue weighted by molar-refractivity contribution is -0.384. The van der Waals surface area contributed by atoms with E-state index in [1.165, 1.54) is 31.0 Å². The lowest BCUT2D eigenvalue weighted by Crippen LogP contribution is -2.28. The van der Waals surface area contributed by atoms with Crippen molar-refractivity contribution in [1.29, 1.82) is 0 Å². The quantitative estimate of drug-likeness (QED) is 0.147. The molecule has 1 aliphatic heterocycles. The Kier molecular flexibility index (Phi) is 6.80. The highest BCUT2D eigenvalue weighted by Gasteiger charge is 2.35. The molecule has 0 N–H and O–H groups in total. The predicted octanol–water partition coefficient (Wildman–Crippen LogP) is 7.33. The van der Waals surface area contributed by atoms with Crippen molar-refractivity contribution in [2.75, 3.05) is 12.0 Å². The molecule has 184 valence electrons. The molecule has 1 amide bonds. The lowest BCUT2D eigenvalue weighted by Gasteiger charge is -2.15. The van der Waals surface area contributed by atoms with Crippen molar-refractivity contribution in [3.05, 3.63) is 111 Å². The minimum Gasteiger partial charge on any atom is -0.496 e. The van der Waals surface area contributed by atoms with Gasteiger partial charge in [-0.3, -0.25) is 19.8 Å². The molecule has 5 rings (SSSR count). The van der Waals surface area contributed by atoms with E-state index in [-0.39, 0.29) is 22.4 Å². The van der Waals surface area contributed by atoms with Crippen molar-refractivity contribution in [3.8, 4) is 17.1 Å². The molecule has 2 heterocycles. The summed E-state index contributed by atoms with van der Waals surface area (Å²) in [6.07, 6.45) is 1.64. The van der Waals surface area contributed by atoms with Crippen LogP contribution in [0.5, 0.6) is 5.75 Å². The van der Waals surface area contributed by atoms with E-state index in [1.54, 1.807) is 23.1 Å². The zero-order valence-electron chi connectivity index (χ0n) is 19.3. The van der Waals surface area contributed by atoms with Gasteiger partial charge in [-0.25, -0.2) is 4.99 Å². The molecule has 3 aromatic carbocycles. The number of nitro benzene ring substituents is 1. The summed E-state index contributed by atoms with van der Waals surface area (Å²) >= 11 is 7.34. The van der Waals surface area contributed by atoms with Crippen LogP contribution < -0.4 is 9.64 Å². The molecule has 1 aliphatic rings. The molecule has 37 heavy (non-hydrogen) atoms. The number of para-hydroxylation sites is 2. The molecule has 1 aromatic heterocycles. The van der Waals surface area contributed by atoms with E-state index in [9.17, 15) is 14.9 Å². The van der Waals surface area contributed by atoms with Crippen molar-refractivity contribution < 1.29 is 18.9 Å².